The lowest BCUT2D eigenvalue weighted by atomic mass is 10.6. The Morgan fingerprint density at radius 2 is 2.45 bits per heavy atom. The summed E-state index contributed by atoms with van der Waals surface area (Å²) in [6, 6.07) is 0. The Balaban J connectivity index is 2.93. The van der Waals surface area contributed by atoms with Crippen molar-refractivity contribution in [2.75, 3.05) is 0 Å². The van der Waals surface area contributed by atoms with Gasteiger partial charge in [-0.25, -0.2) is 9.97 Å². The maximum absolute atomic E-state index is 7.29. The van der Waals surface area contributed by atoms with Crippen LogP contribution >= 0.6 is 34.2 Å². The number of fused-ring (bicyclic) bond motifs is 1. The van der Waals surface area contributed by atoms with Crippen LogP contribution in [0.15, 0.2) is 18.6 Å². The highest BCUT2D eigenvalue weighted by Crippen LogP contribution is 2.14. The third-order valence-electron chi connectivity index (χ3n) is 1.28. The van der Waals surface area contributed by atoms with Crippen LogP contribution in [0.1, 0.15) is 1.37 Å². The molecule has 0 amide bonds. The lowest BCUT2D eigenvalue weighted by molar-refractivity contribution is 1.08. The van der Waals surface area contributed by atoms with Gasteiger partial charge in [0.25, 0.3) is 0 Å². The summed E-state index contributed by atoms with van der Waals surface area (Å²) in [5.41, 5.74) is 0.681. The third kappa shape index (κ3) is 1.10. The second-order valence-electron chi connectivity index (χ2n) is 1.94. The minimum Gasteiger partial charge on any atom is -0.274 e. The van der Waals surface area contributed by atoms with Gasteiger partial charge in [0.2, 0.25) is 5.28 Å². The maximum atomic E-state index is 7.29. The zero-order valence-electron chi connectivity index (χ0n) is 6.25. The molecule has 0 saturated carbocycles. The molecule has 0 aromatic carbocycles. The molecule has 0 fully saturated rings. The van der Waals surface area contributed by atoms with Gasteiger partial charge < -0.3 is 0 Å². The molecule has 0 aliphatic heterocycles. The fourth-order valence-electron chi connectivity index (χ4n) is 0.802. The number of hydrogen-bond donors (Lipinski definition) is 0. The fraction of sp³-hybridized carbons (Fsp3) is 0. The summed E-state index contributed by atoms with van der Waals surface area (Å²) in [4.78, 5) is 7.89. The topological polar surface area (TPSA) is 30.2 Å². The number of rotatable bonds is 0. The van der Waals surface area contributed by atoms with E-state index in [1.165, 1.54) is 6.20 Å². The van der Waals surface area contributed by atoms with E-state index in [9.17, 15) is 0 Å². The molecule has 0 atom stereocenters. The van der Waals surface area contributed by atoms with E-state index >= 15 is 0 Å². The van der Waals surface area contributed by atoms with E-state index in [1.54, 1.807) is 10.6 Å². The summed E-state index contributed by atoms with van der Waals surface area (Å²) >= 11 is 7.87. The Morgan fingerprint density at radius 3 is 3.18 bits per heavy atom. The summed E-state index contributed by atoms with van der Waals surface area (Å²) in [6.07, 6.45) is 3.36. The van der Waals surface area contributed by atoms with Crippen LogP contribution in [0.4, 0.5) is 0 Å². The van der Waals surface area contributed by atoms with Crippen LogP contribution < -0.4 is 0 Å². The molecule has 2 heterocycles. The predicted molar refractivity (Wildman–Crippen MR) is 50.7 cm³/mol. The van der Waals surface area contributed by atoms with Crippen LogP contribution in [-0.4, -0.2) is 14.4 Å². The highest BCUT2D eigenvalue weighted by atomic mass is 127. The molecular weight excluding hydrogens is 276 g/mol. The average Bonchev–Trinajstić information content (AvgIpc) is 2.41. The lowest BCUT2D eigenvalue weighted by Crippen LogP contribution is -1.91. The quantitative estimate of drug-likeness (QED) is 0.546. The van der Waals surface area contributed by atoms with Crippen LogP contribution in [0.3, 0.4) is 0 Å². The van der Waals surface area contributed by atoms with Gasteiger partial charge in [0, 0.05) is 18.6 Å². The van der Waals surface area contributed by atoms with Gasteiger partial charge in [-0.3, -0.25) is 4.40 Å². The van der Waals surface area contributed by atoms with Crippen molar-refractivity contribution < 1.29 is 1.37 Å². The first-order valence-corrected chi connectivity index (χ1v) is 4.30. The third-order valence-corrected chi connectivity index (χ3v) is 2.32. The van der Waals surface area contributed by atoms with Crippen LogP contribution in [0.5, 0.6) is 0 Å². The van der Waals surface area contributed by atoms with Crippen LogP contribution in [0.2, 0.25) is 5.28 Å². The Bertz CT molecular complexity index is 403. The molecule has 0 spiro atoms. The molecule has 5 heteroatoms. The van der Waals surface area contributed by atoms with E-state index < -0.39 is 0 Å². The fourth-order valence-corrected chi connectivity index (χ4v) is 1.50. The van der Waals surface area contributed by atoms with Crippen LogP contribution in [0.25, 0.3) is 5.65 Å². The van der Waals surface area contributed by atoms with Gasteiger partial charge in [-0.2, -0.15) is 0 Å². The van der Waals surface area contributed by atoms with Crippen molar-refractivity contribution in [3.63, 3.8) is 0 Å². The standard InChI is InChI=1S/C6H3ClIN3/c7-6-10-3-4(8)5-9-1-2-11(5)6/h1-3H/i1D. The Morgan fingerprint density at radius 1 is 1.64 bits per heavy atom. The Kier molecular flexibility index (Phi) is 1.46. The minimum atomic E-state index is 0.197. The highest BCUT2D eigenvalue weighted by Gasteiger charge is 2.02. The summed E-state index contributed by atoms with van der Waals surface area (Å²) in [5, 5.41) is 0.330. The van der Waals surface area contributed by atoms with Crippen molar-refractivity contribution in [2.24, 2.45) is 0 Å². The normalized spacial score (nSPS) is 12.0. The molecule has 0 N–H and O–H groups in total. The zero-order valence-corrected chi connectivity index (χ0v) is 8.17. The predicted octanol–water partition coefficient (Wildman–Crippen LogP) is 1.99. The first kappa shape index (κ1) is 6.19. The SMILES string of the molecule is [2H]c1cn2c(Cl)ncc(I)c2n1. The number of aromatic nitrogens is 3. The molecule has 0 radical (unpaired) electrons. The molecule has 3 nitrogen and oxygen atoms in total. The molecule has 0 unspecified atom stereocenters. The van der Waals surface area contributed by atoms with Crippen molar-refractivity contribution >= 4 is 39.8 Å². The van der Waals surface area contributed by atoms with Gasteiger partial charge in [0.15, 0.2) is 5.65 Å². The molecule has 11 heavy (non-hydrogen) atoms. The van der Waals surface area contributed by atoms with E-state index in [0.717, 1.165) is 3.57 Å². The molecule has 0 saturated heterocycles. The Labute approximate surface area is 83.0 Å². The van der Waals surface area contributed by atoms with Gasteiger partial charge in [0.05, 0.1) is 4.94 Å². The average molecular weight is 280 g/mol. The van der Waals surface area contributed by atoms with Gasteiger partial charge in [-0.1, -0.05) is 0 Å². The Hall–Kier alpha value is -0.360. The number of imidazole rings is 1. The van der Waals surface area contributed by atoms with E-state index in [1.807, 2.05) is 0 Å². The van der Waals surface area contributed by atoms with Crippen molar-refractivity contribution in [1.82, 2.24) is 14.4 Å². The van der Waals surface area contributed by atoms with E-state index in [-0.39, 0.29) is 6.17 Å². The van der Waals surface area contributed by atoms with Crippen LogP contribution in [-0.2, 0) is 0 Å². The second kappa shape index (κ2) is 2.60. The summed E-state index contributed by atoms with van der Waals surface area (Å²) in [6.45, 7) is 0. The molecule has 56 valence electrons. The summed E-state index contributed by atoms with van der Waals surface area (Å²) in [7, 11) is 0. The molecule has 0 aliphatic rings. The summed E-state index contributed by atoms with van der Waals surface area (Å²) in [5.74, 6) is 0. The minimum absolute atomic E-state index is 0.197. The molecule has 2 rings (SSSR count). The monoisotopic (exact) mass is 280 g/mol. The molecule has 0 bridgehead atoms. The van der Waals surface area contributed by atoms with Crippen molar-refractivity contribution in [2.45, 2.75) is 0 Å². The molecule has 2 aromatic rings. The number of hydrogen-bond acceptors (Lipinski definition) is 2. The van der Waals surface area contributed by atoms with Gasteiger partial charge >= 0.3 is 0 Å². The first-order valence-electron chi connectivity index (χ1n) is 3.34. The first-order chi connectivity index (χ1) is 5.68. The largest absolute Gasteiger partial charge is 0.274 e. The lowest BCUT2D eigenvalue weighted by Gasteiger charge is -1.96. The van der Waals surface area contributed by atoms with Crippen molar-refractivity contribution in [3.8, 4) is 0 Å². The van der Waals surface area contributed by atoms with E-state index in [2.05, 4.69) is 32.6 Å². The highest BCUT2D eigenvalue weighted by molar-refractivity contribution is 14.1. The molecular formula is C6H3ClIN3. The second-order valence-corrected chi connectivity index (χ2v) is 3.44. The summed E-state index contributed by atoms with van der Waals surface area (Å²) < 4.78 is 9.77. The zero-order chi connectivity index (χ0) is 8.72. The van der Waals surface area contributed by atoms with Crippen molar-refractivity contribution in [1.29, 1.82) is 0 Å². The number of halogens is 2. The van der Waals surface area contributed by atoms with Gasteiger partial charge in [-0.15, -0.1) is 0 Å². The smallest absolute Gasteiger partial charge is 0.208 e. The van der Waals surface area contributed by atoms with E-state index in [4.69, 9.17) is 13.0 Å². The van der Waals surface area contributed by atoms with Gasteiger partial charge in [-0.05, 0) is 34.2 Å². The van der Waals surface area contributed by atoms with Crippen LogP contribution in [0, 0.1) is 3.57 Å². The van der Waals surface area contributed by atoms with Crippen molar-refractivity contribution in [3.05, 3.63) is 27.4 Å². The van der Waals surface area contributed by atoms with Gasteiger partial charge in [0.1, 0.15) is 0 Å². The number of nitrogens with zero attached hydrogens (tertiary/aromatic N) is 3. The molecule has 2 aromatic heterocycles. The molecule has 0 aliphatic carbocycles. The van der Waals surface area contributed by atoms with E-state index in [0.29, 0.717) is 10.9 Å². The maximum Gasteiger partial charge on any atom is 0.208 e.